The standard InChI is InChI=1S/C12H20N2O2/c1-8(2)14-10(15)9(3)7-13(11(14)16)12(4,5)6/h7-8H,1-6H3. The lowest BCUT2D eigenvalue weighted by Gasteiger charge is -2.24. The molecule has 0 bridgehead atoms. The second-order valence-electron chi connectivity index (χ2n) is 5.40. The smallest absolute Gasteiger partial charge is 0.295 e. The van der Waals surface area contributed by atoms with Crippen LogP contribution in [0.4, 0.5) is 0 Å². The van der Waals surface area contributed by atoms with Crippen LogP contribution in [0.15, 0.2) is 15.8 Å². The zero-order chi connectivity index (χ0) is 12.7. The molecule has 0 aliphatic carbocycles. The van der Waals surface area contributed by atoms with Crippen molar-refractivity contribution in [2.45, 2.75) is 53.1 Å². The highest BCUT2D eigenvalue weighted by molar-refractivity contribution is 5.05. The zero-order valence-corrected chi connectivity index (χ0v) is 10.9. The summed E-state index contributed by atoms with van der Waals surface area (Å²) in [7, 11) is 0. The molecule has 16 heavy (non-hydrogen) atoms. The summed E-state index contributed by atoms with van der Waals surface area (Å²) in [5.41, 5.74) is -0.145. The van der Waals surface area contributed by atoms with Crippen LogP contribution < -0.4 is 11.2 Å². The lowest BCUT2D eigenvalue weighted by molar-refractivity contribution is 0.353. The Morgan fingerprint density at radius 3 is 2.06 bits per heavy atom. The fraction of sp³-hybridized carbons (Fsp3) is 0.667. The van der Waals surface area contributed by atoms with E-state index < -0.39 is 0 Å². The third kappa shape index (κ3) is 2.10. The zero-order valence-electron chi connectivity index (χ0n) is 10.9. The SMILES string of the molecule is Cc1cn(C(C)(C)C)c(=O)n(C(C)C)c1=O. The number of nitrogens with zero attached hydrogens (tertiary/aromatic N) is 2. The van der Waals surface area contributed by atoms with Crippen LogP contribution in [-0.2, 0) is 5.54 Å². The van der Waals surface area contributed by atoms with E-state index in [2.05, 4.69) is 0 Å². The van der Waals surface area contributed by atoms with E-state index >= 15 is 0 Å². The number of rotatable bonds is 1. The summed E-state index contributed by atoms with van der Waals surface area (Å²) in [6.45, 7) is 11.3. The van der Waals surface area contributed by atoms with Gasteiger partial charge in [-0.25, -0.2) is 4.79 Å². The quantitative estimate of drug-likeness (QED) is 0.728. The van der Waals surface area contributed by atoms with E-state index in [0.29, 0.717) is 5.56 Å². The normalized spacial score (nSPS) is 12.2. The van der Waals surface area contributed by atoms with Gasteiger partial charge in [-0.1, -0.05) is 0 Å². The molecular weight excluding hydrogens is 204 g/mol. The van der Waals surface area contributed by atoms with Gasteiger partial charge in [0.1, 0.15) is 0 Å². The number of hydrogen-bond acceptors (Lipinski definition) is 2. The van der Waals surface area contributed by atoms with Gasteiger partial charge in [0.25, 0.3) is 5.56 Å². The van der Waals surface area contributed by atoms with Gasteiger partial charge in [0, 0.05) is 23.3 Å². The van der Waals surface area contributed by atoms with Gasteiger partial charge in [0.05, 0.1) is 0 Å². The highest BCUT2D eigenvalue weighted by atomic mass is 16.2. The molecule has 0 aliphatic rings. The van der Waals surface area contributed by atoms with Crippen molar-refractivity contribution >= 4 is 0 Å². The third-order valence-corrected chi connectivity index (χ3v) is 2.53. The average molecular weight is 224 g/mol. The van der Waals surface area contributed by atoms with E-state index in [0.717, 1.165) is 0 Å². The maximum Gasteiger partial charge on any atom is 0.331 e. The molecule has 90 valence electrons. The lowest BCUT2D eigenvalue weighted by Crippen LogP contribution is -2.46. The van der Waals surface area contributed by atoms with Gasteiger partial charge in [0.2, 0.25) is 0 Å². The Morgan fingerprint density at radius 2 is 1.69 bits per heavy atom. The summed E-state index contributed by atoms with van der Waals surface area (Å²) in [6.07, 6.45) is 1.64. The molecule has 1 aromatic heterocycles. The van der Waals surface area contributed by atoms with Crippen LogP contribution in [0.3, 0.4) is 0 Å². The maximum atomic E-state index is 12.2. The van der Waals surface area contributed by atoms with E-state index in [1.807, 2.05) is 34.6 Å². The van der Waals surface area contributed by atoms with Crippen molar-refractivity contribution in [3.8, 4) is 0 Å². The molecular formula is C12H20N2O2. The Kier molecular flexibility index (Phi) is 3.13. The molecule has 1 heterocycles. The van der Waals surface area contributed by atoms with Crippen molar-refractivity contribution in [3.63, 3.8) is 0 Å². The van der Waals surface area contributed by atoms with E-state index in [1.54, 1.807) is 17.7 Å². The Bertz CT molecular complexity index is 501. The van der Waals surface area contributed by atoms with Gasteiger partial charge in [0.15, 0.2) is 0 Å². The van der Waals surface area contributed by atoms with Crippen molar-refractivity contribution < 1.29 is 0 Å². The molecule has 0 unspecified atom stereocenters. The first-order chi connectivity index (χ1) is 7.16. The first-order valence-electron chi connectivity index (χ1n) is 5.51. The summed E-state index contributed by atoms with van der Waals surface area (Å²) in [5.74, 6) is 0. The second-order valence-corrected chi connectivity index (χ2v) is 5.40. The van der Waals surface area contributed by atoms with Crippen molar-refractivity contribution in [2.24, 2.45) is 0 Å². The molecule has 0 aromatic carbocycles. The van der Waals surface area contributed by atoms with Gasteiger partial charge in [-0.15, -0.1) is 0 Å². The van der Waals surface area contributed by atoms with E-state index in [1.165, 1.54) is 4.57 Å². The third-order valence-electron chi connectivity index (χ3n) is 2.53. The summed E-state index contributed by atoms with van der Waals surface area (Å²) < 4.78 is 2.92. The average Bonchev–Trinajstić information content (AvgIpc) is 2.09. The van der Waals surface area contributed by atoms with Crippen LogP contribution >= 0.6 is 0 Å². The van der Waals surface area contributed by atoms with Crippen molar-refractivity contribution in [2.75, 3.05) is 0 Å². The van der Waals surface area contributed by atoms with Gasteiger partial charge in [-0.05, 0) is 41.5 Å². The van der Waals surface area contributed by atoms with E-state index in [4.69, 9.17) is 0 Å². The molecule has 0 aliphatic heterocycles. The maximum absolute atomic E-state index is 12.2. The number of aromatic nitrogens is 2. The van der Waals surface area contributed by atoms with E-state index in [9.17, 15) is 9.59 Å². The van der Waals surface area contributed by atoms with Gasteiger partial charge in [-0.2, -0.15) is 0 Å². The lowest BCUT2D eigenvalue weighted by atomic mass is 10.1. The molecule has 0 radical (unpaired) electrons. The van der Waals surface area contributed by atoms with Crippen LogP contribution in [0.2, 0.25) is 0 Å². The molecule has 1 rings (SSSR count). The highest BCUT2D eigenvalue weighted by Crippen LogP contribution is 2.10. The van der Waals surface area contributed by atoms with Crippen LogP contribution in [0.1, 0.15) is 46.2 Å². The molecule has 0 atom stereocenters. The fourth-order valence-electron chi connectivity index (χ4n) is 1.63. The molecule has 4 heteroatoms. The summed E-state index contributed by atoms with van der Waals surface area (Å²) in [4.78, 5) is 24.0. The first kappa shape index (κ1) is 12.7. The van der Waals surface area contributed by atoms with Crippen LogP contribution in [0, 0.1) is 6.92 Å². The van der Waals surface area contributed by atoms with Crippen molar-refractivity contribution in [1.29, 1.82) is 0 Å². The second kappa shape index (κ2) is 3.92. The Balaban J connectivity index is 3.72. The molecule has 0 N–H and O–H groups in total. The van der Waals surface area contributed by atoms with Crippen LogP contribution in [-0.4, -0.2) is 9.13 Å². The van der Waals surface area contributed by atoms with E-state index in [-0.39, 0.29) is 22.8 Å². The molecule has 0 spiro atoms. The highest BCUT2D eigenvalue weighted by Gasteiger charge is 2.19. The largest absolute Gasteiger partial charge is 0.331 e. The minimum atomic E-state index is -0.313. The number of hydrogen-bond donors (Lipinski definition) is 0. The minimum absolute atomic E-state index is 0.117. The van der Waals surface area contributed by atoms with Gasteiger partial charge < -0.3 is 0 Å². The molecule has 0 saturated carbocycles. The van der Waals surface area contributed by atoms with Gasteiger partial charge in [-0.3, -0.25) is 13.9 Å². The monoisotopic (exact) mass is 224 g/mol. The van der Waals surface area contributed by atoms with Crippen LogP contribution in [0.25, 0.3) is 0 Å². The molecule has 0 saturated heterocycles. The molecule has 0 amide bonds. The van der Waals surface area contributed by atoms with Crippen molar-refractivity contribution in [3.05, 3.63) is 32.6 Å². The molecule has 0 fully saturated rings. The Labute approximate surface area is 95.5 Å². The Hall–Kier alpha value is -1.32. The van der Waals surface area contributed by atoms with Crippen LogP contribution in [0.5, 0.6) is 0 Å². The first-order valence-corrected chi connectivity index (χ1v) is 5.51. The predicted octanol–water partition coefficient (Wildman–Crippen LogP) is 1.65. The summed E-state index contributed by atoms with van der Waals surface area (Å²) in [5, 5.41) is 0. The molecule has 4 nitrogen and oxygen atoms in total. The van der Waals surface area contributed by atoms with Crippen molar-refractivity contribution in [1.82, 2.24) is 9.13 Å². The summed E-state index contributed by atoms with van der Waals surface area (Å²) >= 11 is 0. The predicted molar refractivity (Wildman–Crippen MR) is 65.1 cm³/mol. The Morgan fingerprint density at radius 1 is 1.19 bits per heavy atom. The summed E-state index contributed by atoms with van der Waals surface area (Å²) in [6, 6.07) is -0.117. The minimum Gasteiger partial charge on any atom is -0.295 e. The molecule has 1 aromatic rings. The fourth-order valence-corrected chi connectivity index (χ4v) is 1.63. The number of aryl methyl sites for hydroxylation is 1. The van der Waals surface area contributed by atoms with Gasteiger partial charge >= 0.3 is 5.69 Å². The topological polar surface area (TPSA) is 44.0 Å².